The topological polar surface area (TPSA) is 71.4 Å². The smallest absolute Gasteiger partial charge is 0.195 e. The molecule has 118 valence electrons. The zero-order valence-electron chi connectivity index (χ0n) is 12.9. The van der Waals surface area contributed by atoms with Crippen LogP contribution in [-0.4, -0.2) is 31.3 Å². The van der Waals surface area contributed by atoms with Gasteiger partial charge in [0.1, 0.15) is 18.0 Å². The fourth-order valence-corrected chi connectivity index (χ4v) is 3.03. The van der Waals surface area contributed by atoms with Gasteiger partial charge in [-0.1, -0.05) is 11.6 Å². The van der Waals surface area contributed by atoms with Crippen LogP contribution in [0.1, 0.15) is 30.1 Å². The van der Waals surface area contributed by atoms with Crippen molar-refractivity contribution in [3.63, 3.8) is 0 Å². The summed E-state index contributed by atoms with van der Waals surface area (Å²) in [5.41, 5.74) is 2.15. The predicted octanol–water partition coefficient (Wildman–Crippen LogP) is 3.18. The van der Waals surface area contributed by atoms with E-state index in [1.54, 1.807) is 6.33 Å². The van der Waals surface area contributed by atoms with Crippen LogP contribution >= 0.6 is 12.2 Å². The predicted molar refractivity (Wildman–Crippen MR) is 92.2 cm³/mol. The van der Waals surface area contributed by atoms with E-state index in [1.807, 2.05) is 6.07 Å². The Hall–Kier alpha value is -2.28. The van der Waals surface area contributed by atoms with Gasteiger partial charge in [-0.05, 0) is 44.1 Å². The third kappa shape index (κ3) is 2.84. The molecule has 0 atom stereocenters. The van der Waals surface area contributed by atoms with Crippen molar-refractivity contribution < 1.29 is 0 Å². The molecule has 1 aromatic carbocycles. The molecule has 0 bridgehead atoms. The Kier molecular flexibility index (Phi) is 3.57. The standard InChI is InChI=1S/C16H18N6S/c1-10-2-5-13-12(8-10)14(19-9-18-13)17-6-7-22-15(11-3-4-11)20-21-16(22)23/h2,5,8-9,11H,3-4,6-7H2,1H3,(H,21,23)(H,17,18,19). The first kappa shape index (κ1) is 14.3. The molecular formula is C16H18N6S. The molecule has 0 radical (unpaired) electrons. The van der Waals surface area contributed by atoms with Gasteiger partial charge < -0.3 is 9.88 Å². The summed E-state index contributed by atoms with van der Waals surface area (Å²) in [6.07, 6.45) is 4.02. The van der Waals surface area contributed by atoms with Gasteiger partial charge in [0, 0.05) is 24.4 Å². The maximum atomic E-state index is 5.34. The molecule has 2 aromatic heterocycles. The van der Waals surface area contributed by atoms with Gasteiger partial charge in [-0.15, -0.1) is 0 Å². The number of hydrogen-bond donors (Lipinski definition) is 2. The number of hydrogen-bond acceptors (Lipinski definition) is 5. The Labute approximate surface area is 139 Å². The fourth-order valence-electron chi connectivity index (χ4n) is 2.80. The molecule has 1 fully saturated rings. The summed E-state index contributed by atoms with van der Waals surface area (Å²) in [7, 11) is 0. The quantitative estimate of drug-likeness (QED) is 0.705. The highest BCUT2D eigenvalue weighted by molar-refractivity contribution is 7.71. The van der Waals surface area contributed by atoms with Gasteiger partial charge in [-0.25, -0.2) is 9.97 Å². The maximum Gasteiger partial charge on any atom is 0.195 e. The molecule has 1 saturated carbocycles. The van der Waals surface area contributed by atoms with Gasteiger partial charge >= 0.3 is 0 Å². The first-order chi connectivity index (χ1) is 11.2. The van der Waals surface area contributed by atoms with E-state index in [1.165, 1.54) is 18.4 Å². The van der Waals surface area contributed by atoms with E-state index in [9.17, 15) is 0 Å². The van der Waals surface area contributed by atoms with Crippen LogP contribution in [0.25, 0.3) is 10.9 Å². The van der Waals surface area contributed by atoms with Crippen molar-refractivity contribution in [2.24, 2.45) is 0 Å². The average molecular weight is 326 g/mol. The second-order valence-electron chi connectivity index (χ2n) is 5.98. The first-order valence-electron chi connectivity index (χ1n) is 7.83. The number of rotatable bonds is 5. The van der Waals surface area contributed by atoms with Gasteiger partial charge in [0.15, 0.2) is 4.77 Å². The molecule has 6 nitrogen and oxygen atoms in total. The summed E-state index contributed by atoms with van der Waals surface area (Å²) in [6, 6.07) is 6.19. The third-order valence-electron chi connectivity index (χ3n) is 4.15. The van der Waals surface area contributed by atoms with Crippen LogP contribution in [-0.2, 0) is 6.54 Å². The number of fused-ring (bicyclic) bond motifs is 1. The van der Waals surface area contributed by atoms with Gasteiger partial charge in [0.05, 0.1) is 5.52 Å². The largest absolute Gasteiger partial charge is 0.368 e. The molecule has 0 aliphatic heterocycles. The van der Waals surface area contributed by atoms with Crippen molar-refractivity contribution >= 4 is 28.9 Å². The molecule has 1 aliphatic rings. The van der Waals surface area contributed by atoms with Gasteiger partial charge in [-0.3, -0.25) is 5.10 Å². The summed E-state index contributed by atoms with van der Waals surface area (Å²) in [5, 5.41) is 11.7. The van der Waals surface area contributed by atoms with Crippen molar-refractivity contribution in [3.8, 4) is 0 Å². The molecule has 4 rings (SSSR count). The molecule has 7 heteroatoms. The second-order valence-corrected chi connectivity index (χ2v) is 6.37. The highest BCUT2D eigenvalue weighted by atomic mass is 32.1. The monoisotopic (exact) mass is 326 g/mol. The minimum atomic E-state index is 0.575. The fraction of sp³-hybridized carbons (Fsp3) is 0.375. The van der Waals surface area contributed by atoms with E-state index in [0.29, 0.717) is 10.7 Å². The van der Waals surface area contributed by atoms with E-state index in [-0.39, 0.29) is 0 Å². The average Bonchev–Trinajstić information content (AvgIpc) is 3.33. The summed E-state index contributed by atoms with van der Waals surface area (Å²) >= 11 is 5.34. The van der Waals surface area contributed by atoms with Crippen LogP contribution < -0.4 is 5.32 Å². The molecule has 0 unspecified atom stereocenters. The Morgan fingerprint density at radius 1 is 1.35 bits per heavy atom. The lowest BCUT2D eigenvalue weighted by Gasteiger charge is -2.10. The lowest BCUT2D eigenvalue weighted by molar-refractivity contribution is 0.668. The van der Waals surface area contributed by atoms with E-state index in [4.69, 9.17) is 12.2 Å². The second kappa shape index (κ2) is 5.73. The van der Waals surface area contributed by atoms with Crippen LogP contribution in [0.2, 0.25) is 0 Å². The minimum Gasteiger partial charge on any atom is -0.368 e. The van der Waals surface area contributed by atoms with Crippen LogP contribution in [0.3, 0.4) is 0 Å². The Bertz CT molecular complexity index is 908. The van der Waals surface area contributed by atoms with Crippen molar-refractivity contribution in [1.82, 2.24) is 24.7 Å². The van der Waals surface area contributed by atoms with Crippen molar-refractivity contribution in [2.75, 3.05) is 11.9 Å². The molecule has 0 spiro atoms. The van der Waals surface area contributed by atoms with E-state index < -0.39 is 0 Å². The number of aryl methyl sites for hydroxylation is 1. The summed E-state index contributed by atoms with van der Waals surface area (Å²) in [6.45, 7) is 3.59. The van der Waals surface area contributed by atoms with Crippen LogP contribution in [0.5, 0.6) is 0 Å². The molecule has 3 aromatic rings. The Morgan fingerprint density at radius 2 is 2.22 bits per heavy atom. The normalized spacial score (nSPS) is 14.3. The first-order valence-corrected chi connectivity index (χ1v) is 8.23. The highest BCUT2D eigenvalue weighted by Crippen LogP contribution is 2.38. The number of aromatic nitrogens is 5. The third-order valence-corrected chi connectivity index (χ3v) is 4.46. The van der Waals surface area contributed by atoms with Crippen molar-refractivity contribution in [2.45, 2.75) is 32.2 Å². The number of nitrogens with zero attached hydrogens (tertiary/aromatic N) is 4. The zero-order chi connectivity index (χ0) is 15.8. The van der Waals surface area contributed by atoms with Gasteiger partial charge in [0.2, 0.25) is 0 Å². The molecule has 2 heterocycles. The number of H-pyrrole nitrogens is 1. The van der Waals surface area contributed by atoms with E-state index in [0.717, 1.165) is 35.6 Å². The summed E-state index contributed by atoms with van der Waals surface area (Å²) in [4.78, 5) is 8.69. The van der Waals surface area contributed by atoms with Crippen LogP contribution in [0.15, 0.2) is 24.5 Å². The Morgan fingerprint density at radius 3 is 3.04 bits per heavy atom. The lowest BCUT2D eigenvalue weighted by atomic mass is 10.1. The molecule has 23 heavy (non-hydrogen) atoms. The number of aromatic amines is 1. The maximum absolute atomic E-state index is 5.34. The minimum absolute atomic E-state index is 0.575. The number of nitrogens with one attached hydrogen (secondary N) is 2. The summed E-state index contributed by atoms with van der Waals surface area (Å²) in [5.74, 6) is 2.52. The molecule has 2 N–H and O–H groups in total. The number of benzene rings is 1. The van der Waals surface area contributed by atoms with Crippen molar-refractivity contribution in [3.05, 3.63) is 40.7 Å². The molecule has 0 amide bonds. The van der Waals surface area contributed by atoms with Crippen molar-refractivity contribution in [1.29, 1.82) is 0 Å². The van der Waals surface area contributed by atoms with Gasteiger partial charge in [0.25, 0.3) is 0 Å². The van der Waals surface area contributed by atoms with E-state index >= 15 is 0 Å². The summed E-state index contributed by atoms with van der Waals surface area (Å²) < 4.78 is 2.78. The number of anilines is 1. The molecule has 0 saturated heterocycles. The highest BCUT2D eigenvalue weighted by Gasteiger charge is 2.28. The molecular weight excluding hydrogens is 308 g/mol. The van der Waals surface area contributed by atoms with Crippen LogP contribution in [0.4, 0.5) is 5.82 Å². The molecule has 1 aliphatic carbocycles. The van der Waals surface area contributed by atoms with Gasteiger partial charge in [-0.2, -0.15) is 5.10 Å². The SMILES string of the molecule is Cc1ccc2ncnc(NCCn3c(C4CC4)n[nH]c3=S)c2c1. The van der Waals surface area contributed by atoms with E-state index in [2.05, 4.69) is 49.1 Å². The Balaban J connectivity index is 1.53. The van der Waals surface area contributed by atoms with Crippen LogP contribution in [0, 0.1) is 11.7 Å². The zero-order valence-corrected chi connectivity index (χ0v) is 13.7. The lowest BCUT2D eigenvalue weighted by Crippen LogP contribution is -2.14.